The van der Waals surface area contributed by atoms with Crippen molar-refractivity contribution in [2.45, 2.75) is 46.6 Å². The second-order valence-electron chi connectivity index (χ2n) is 5.06. The summed E-state index contributed by atoms with van der Waals surface area (Å²) in [4.78, 5) is 11.8. The highest BCUT2D eigenvalue weighted by atomic mass is 16.4. The van der Waals surface area contributed by atoms with Crippen molar-refractivity contribution in [1.29, 1.82) is 0 Å². The molecule has 0 fully saturated rings. The smallest absolute Gasteiger partial charge is 0.287 e. The Kier molecular flexibility index (Phi) is 5.41. The van der Waals surface area contributed by atoms with Gasteiger partial charge in [0.15, 0.2) is 5.76 Å². The van der Waals surface area contributed by atoms with Gasteiger partial charge in [0.2, 0.25) is 0 Å². The van der Waals surface area contributed by atoms with Crippen LogP contribution in [0, 0.1) is 12.8 Å². The van der Waals surface area contributed by atoms with E-state index < -0.39 is 6.10 Å². The molecular formula is C14H23NO3. The summed E-state index contributed by atoms with van der Waals surface area (Å²) >= 11 is 0. The number of furan rings is 1. The van der Waals surface area contributed by atoms with Gasteiger partial charge in [-0.05, 0) is 30.9 Å². The SMILES string of the molecule is CCc1oc(C(=O)NCC(O)CC(C)C)cc1C. The molecule has 4 nitrogen and oxygen atoms in total. The minimum absolute atomic E-state index is 0.262. The van der Waals surface area contributed by atoms with Crippen LogP contribution < -0.4 is 5.32 Å². The van der Waals surface area contributed by atoms with Crippen LogP contribution in [0.25, 0.3) is 0 Å². The Labute approximate surface area is 108 Å². The molecule has 1 aromatic heterocycles. The lowest BCUT2D eigenvalue weighted by Crippen LogP contribution is -2.32. The third kappa shape index (κ3) is 4.18. The molecule has 1 atom stereocenters. The van der Waals surface area contributed by atoms with Crippen molar-refractivity contribution in [2.75, 3.05) is 6.54 Å². The second kappa shape index (κ2) is 6.59. The van der Waals surface area contributed by atoms with E-state index in [1.807, 2.05) is 27.7 Å². The Morgan fingerprint density at radius 3 is 2.67 bits per heavy atom. The van der Waals surface area contributed by atoms with Crippen LogP contribution >= 0.6 is 0 Å². The Balaban J connectivity index is 2.50. The van der Waals surface area contributed by atoms with Crippen molar-refractivity contribution >= 4 is 5.91 Å². The number of nitrogens with one attached hydrogen (secondary N) is 1. The minimum atomic E-state index is -0.504. The highest BCUT2D eigenvalue weighted by Crippen LogP contribution is 2.15. The summed E-state index contributed by atoms with van der Waals surface area (Å²) in [6.45, 7) is 8.24. The summed E-state index contributed by atoms with van der Waals surface area (Å²) in [5.41, 5.74) is 0.991. The zero-order chi connectivity index (χ0) is 13.7. The number of carbonyl (C=O) groups is 1. The molecule has 0 radical (unpaired) electrons. The van der Waals surface area contributed by atoms with Crippen LogP contribution in [0.4, 0.5) is 0 Å². The average molecular weight is 253 g/mol. The van der Waals surface area contributed by atoms with E-state index in [1.54, 1.807) is 6.07 Å². The monoisotopic (exact) mass is 253 g/mol. The minimum Gasteiger partial charge on any atom is -0.456 e. The van der Waals surface area contributed by atoms with E-state index in [2.05, 4.69) is 5.32 Å². The molecule has 0 aliphatic heterocycles. The van der Waals surface area contributed by atoms with Gasteiger partial charge in [0, 0.05) is 13.0 Å². The van der Waals surface area contributed by atoms with Crippen molar-refractivity contribution in [3.63, 3.8) is 0 Å². The van der Waals surface area contributed by atoms with Crippen LogP contribution in [-0.4, -0.2) is 23.7 Å². The second-order valence-corrected chi connectivity index (χ2v) is 5.06. The van der Waals surface area contributed by atoms with E-state index in [-0.39, 0.29) is 12.5 Å². The van der Waals surface area contributed by atoms with Gasteiger partial charge in [-0.2, -0.15) is 0 Å². The lowest BCUT2D eigenvalue weighted by atomic mass is 10.1. The molecule has 1 unspecified atom stereocenters. The van der Waals surface area contributed by atoms with Crippen LogP contribution in [0.1, 0.15) is 49.1 Å². The first kappa shape index (κ1) is 14.8. The number of rotatable bonds is 6. The summed E-state index contributed by atoms with van der Waals surface area (Å²) in [7, 11) is 0. The van der Waals surface area contributed by atoms with Crippen molar-refractivity contribution in [1.82, 2.24) is 5.32 Å². The molecule has 0 spiro atoms. The van der Waals surface area contributed by atoms with Crippen molar-refractivity contribution < 1.29 is 14.3 Å². The molecule has 0 saturated carbocycles. The normalized spacial score (nSPS) is 12.8. The lowest BCUT2D eigenvalue weighted by Gasteiger charge is -2.13. The Morgan fingerprint density at radius 1 is 1.50 bits per heavy atom. The quantitative estimate of drug-likeness (QED) is 0.817. The van der Waals surface area contributed by atoms with Gasteiger partial charge in [-0.1, -0.05) is 20.8 Å². The molecule has 1 heterocycles. The van der Waals surface area contributed by atoms with Crippen molar-refractivity contribution in [3.8, 4) is 0 Å². The van der Waals surface area contributed by atoms with Gasteiger partial charge in [-0.25, -0.2) is 0 Å². The van der Waals surface area contributed by atoms with Crippen LogP contribution in [0.2, 0.25) is 0 Å². The summed E-state index contributed by atoms with van der Waals surface area (Å²) in [6.07, 6.45) is 0.947. The molecule has 2 N–H and O–H groups in total. The predicted molar refractivity (Wildman–Crippen MR) is 70.6 cm³/mol. The summed E-state index contributed by atoms with van der Waals surface area (Å²) < 4.78 is 5.45. The topological polar surface area (TPSA) is 62.5 Å². The van der Waals surface area contributed by atoms with Crippen LogP contribution in [0.3, 0.4) is 0 Å². The third-order valence-electron chi connectivity index (χ3n) is 2.81. The lowest BCUT2D eigenvalue weighted by molar-refractivity contribution is 0.0872. The number of hydrogen-bond acceptors (Lipinski definition) is 3. The predicted octanol–water partition coefficient (Wildman–Crippen LogP) is 2.29. The van der Waals surface area contributed by atoms with Crippen molar-refractivity contribution in [3.05, 3.63) is 23.2 Å². The Hall–Kier alpha value is -1.29. The number of aryl methyl sites for hydroxylation is 2. The van der Waals surface area contributed by atoms with E-state index in [1.165, 1.54) is 0 Å². The molecule has 1 aromatic rings. The largest absolute Gasteiger partial charge is 0.456 e. The number of carbonyl (C=O) groups excluding carboxylic acids is 1. The van der Waals surface area contributed by atoms with Gasteiger partial charge >= 0.3 is 0 Å². The maximum Gasteiger partial charge on any atom is 0.287 e. The van der Waals surface area contributed by atoms with Gasteiger partial charge in [0.25, 0.3) is 5.91 Å². The van der Waals surface area contributed by atoms with E-state index in [0.29, 0.717) is 18.1 Å². The number of hydrogen-bond donors (Lipinski definition) is 2. The molecule has 4 heteroatoms. The van der Waals surface area contributed by atoms with Gasteiger partial charge in [-0.15, -0.1) is 0 Å². The molecule has 0 saturated heterocycles. The standard InChI is InChI=1S/C14H23NO3/c1-5-12-10(4)7-13(18-12)14(17)15-8-11(16)6-9(2)3/h7,9,11,16H,5-6,8H2,1-4H3,(H,15,17). The summed E-state index contributed by atoms with van der Waals surface area (Å²) in [6, 6.07) is 1.74. The van der Waals surface area contributed by atoms with Crippen molar-refractivity contribution in [2.24, 2.45) is 5.92 Å². The van der Waals surface area contributed by atoms with Crippen LogP contribution in [-0.2, 0) is 6.42 Å². The van der Waals surface area contributed by atoms with Gasteiger partial charge < -0.3 is 14.8 Å². The zero-order valence-electron chi connectivity index (χ0n) is 11.6. The first-order valence-electron chi connectivity index (χ1n) is 6.49. The molecule has 0 aromatic carbocycles. The Bertz CT molecular complexity index is 396. The number of aliphatic hydroxyl groups excluding tert-OH is 1. The van der Waals surface area contributed by atoms with Gasteiger partial charge in [0.1, 0.15) is 5.76 Å². The average Bonchev–Trinajstić information content (AvgIpc) is 2.66. The van der Waals surface area contributed by atoms with E-state index in [9.17, 15) is 9.90 Å². The van der Waals surface area contributed by atoms with Gasteiger partial charge in [-0.3, -0.25) is 4.79 Å². The molecule has 0 bridgehead atoms. The molecular weight excluding hydrogens is 230 g/mol. The number of aliphatic hydroxyl groups is 1. The van der Waals surface area contributed by atoms with E-state index in [4.69, 9.17) is 4.42 Å². The summed E-state index contributed by atoms with van der Waals surface area (Å²) in [5.74, 6) is 1.30. The maximum atomic E-state index is 11.8. The highest BCUT2D eigenvalue weighted by molar-refractivity contribution is 5.91. The molecule has 0 aliphatic rings. The Morgan fingerprint density at radius 2 is 2.17 bits per heavy atom. The molecule has 102 valence electrons. The summed E-state index contributed by atoms with van der Waals surface area (Å²) in [5, 5.41) is 12.4. The first-order valence-corrected chi connectivity index (χ1v) is 6.49. The highest BCUT2D eigenvalue weighted by Gasteiger charge is 2.15. The van der Waals surface area contributed by atoms with E-state index >= 15 is 0 Å². The fourth-order valence-corrected chi connectivity index (χ4v) is 1.91. The fraction of sp³-hybridized carbons (Fsp3) is 0.643. The fourth-order valence-electron chi connectivity index (χ4n) is 1.91. The van der Waals surface area contributed by atoms with Gasteiger partial charge in [0.05, 0.1) is 6.10 Å². The molecule has 18 heavy (non-hydrogen) atoms. The molecule has 1 amide bonds. The maximum absolute atomic E-state index is 11.8. The number of amides is 1. The van der Waals surface area contributed by atoms with Crippen LogP contribution in [0.15, 0.2) is 10.5 Å². The van der Waals surface area contributed by atoms with E-state index in [0.717, 1.165) is 17.7 Å². The zero-order valence-corrected chi connectivity index (χ0v) is 11.6. The first-order chi connectivity index (χ1) is 8.43. The third-order valence-corrected chi connectivity index (χ3v) is 2.81. The van der Waals surface area contributed by atoms with Crippen LogP contribution in [0.5, 0.6) is 0 Å². The molecule has 0 aliphatic carbocycles. The molecule has 1 rings (SSSR count).